The quantitative estimate of drug-likeness (QED) is 0.569. The molecule has 1 aromatic carbocycles. The van der Waals surface area contributed by atoms with Gasteiger partial charge in [-0.1, -0.05) is 6.07 Å². The largest absolute Gasteiger partial charge is 0.427 e. The molecule has 0 saturated heterocycles. The number of carbonyl (C=O) groups excluding carboxylic acids is 2. The molecule has 3 N–H and O–H groups in total. The Morgan fingerprint density at radius 1 is 1.37 bits per heavy atom. The van der Waals surface area contributed by atoms with Gasteiger partial charge in [0.25, 0.3) is 0 Å². The molecule has 6 heteroatoms. The van der Waals surface area contributed by atoms with Crippen LogP contribution in [-0.4, -0.2) is 29.3 Å². The van der Waals surface area contributed by atoms with Crippen LogP contribution >= 0.6 is 0 Å². The number of carbonyl (C=O) groups is 2. The van der Waals surface area contributed by atoms with E-state index in [0.29, 0.717) is 11.4 Å². The van der Waals surface area contributed by atoms with Gasteiger partial charge in [0.15, 0.2) is 0 Å². The Morgan fingerprint density at radius 2 is 2.05 bits per heavy atom. The van der Waals surface area contributed by atoms with Gasteiger partial charge < -0.3 is 20.5 Å². The molecule has 0 aliphatic heterocycles. The molecule has 0 unspecified atom stereocenters. The van der Waals surface area contributed by atoms with E-state index in [4.69, 9.17) is 9.84 Å². The van der Waals surface area contributed by atoms with Gasteiger partial charge in [-0.3, -0.25) is 4.79 Å². The molecule has 0 aliphatic carbocycles. The van der Waals surface area contributed by atoms with Crippen molar-refractivity contribution in [3.05, 3.63) is 24.3 Å². The number of anilines is 1. The first kappa shape index (κ1) is 15.0. The first-order valence-electron chi connectivity index (χ1n) is 5.81. The summed E-state index contributed by atoms with van der Waals surface area (Å²) in [6.07, 6.45) is 0. The number of aliphatic hydroxyl groups excluding tert-OH is 1. The van der Waals surface area contributed by atoms with Crippen molar-refractivity contribution in [3.63, 3.8) is 0 Å². The fraction of sp³-hybridized carbons (Fsp3) is 0.385. The standard InChI is InChI=1S/C13H18N2O4/c1-9(17)19-11-6-4-5-10(7-11)14-12(18)15-13(2,3)8-16/h4-7,16H,8H2,1-3H3,(H2,14,15,18). The van der Waals surface area contributed by atoms with E-state index in [1.165, 1.54) is 13.0 Å². The highest BCUT2D eigenvalue weighted by Crippen LogP contribution is 2.17. The summed E-state index contributed by atoms with van der Waals surface area (Å²) in [5, 5.41) is 14.3. The lowest BCUT2D eigenvalue weighted by molar-refractivity contribution is -0.131. The molecule has 0 radical (unpaired) electrons. The second-order valence-corrected chi connectivity index (χ2v) is 4.74. The molecule has 1 aromatic rings. The zero-order valence-corrected chi connectivity index (χ0v) is 11.2. The smallest absolute Gasteiger partial charge is 0.319 e. The molecule has 0 saturated carbocycles. The minimum absolute atomic E-state index is 0.173. The average molecular weight is 266 g/mol. The number of urea groups is 1. The molecule has 0 spiro atoms. The van der Waals surface area contributed by atoms with E-state index in [2.05, 4.69) is 10.6 Å². The van der Waals surface area contributed by atoms with E-state index in [-0.39, 0.29) is 6.61 Å². The van der Waals surface area contributed by atoms with Crippen molar-refractivity contribution in [2.45, 2.75) is 26.3 Å². The molecule has 0 heterocycles. The summed E-state index contributed by atoms with van der Waals surface area (Å²) in [4.78, 5) is 22.5. The molecule has 0 aromatic heterocycles. The summed E-state index contributed by atoms with van der Waals surface area (Å²) in [6, 6.07) is 6.03. The molecule has 0 bridgehead atoms. The summed E-state index contributed by atoms with van der Waals surface area (Å²) in [6.45, 7) is 4.52. The number of nitrogens with one attached hydrogen (secondary N) is 2. The van der Waals surface area contributed by atoms with Gasteiger partial charge in [-0.2, -0.15) is 0 Å². The van der Waals surface area contributed by atoms with Gasteiger partial charge in [0.2, 0.25) is 0 Å². The molecule has 6 nitrogen and oxygen atoms in total. The Balaban J connectivity index is 2.67. The van der Waals surface area contributed by atoms with E-state index in [0.717, 1.165) is 0 Å². The number of hydrogen-bond donors (Lipinski definition) is 3. The molecular formula is C13H18N2O4. The third-order valence-corrected chi connectivity index (χ3v) is 2.20. The Kier molecular flexibility index (Phi) is 4.88. The molecule has 19 heavy (non-hydrogen) atoms. The minimum atomic E-state index is -0.711. The Morgan fingerprint density at radius 3 is 2.63 bits per heavy atom. The van der Waals surface area contributed by atoms with Crippen LogP contribution in [0, 0.1) is 0 Å². The van der Waals surface area contributed by atoms with Crippen LogP contribution in [0.5, 0.6) is 5.75 Å². The number of hydrogen-bond acceptors (Lipinski definition) is 4. The lowest BCUT2D eigenvalue weighted by atomic mass is 10.1. The SMILES string of the molecule is CC(=O)Oc1cccc(NC(=O)NC(C)(C)CO)c1. The maximum Gasteiger partial charge on any atom is 0.319 e. The summed E-state index contributed by atoms with van der Waals surface area (Å²) in [5.74, 6) is -0.0743. The topological polar surface area (TPSA) is 87.7 Å². The number of amides is 2. The highest BCUT2D eigenvalue weighted by atomic mass is 16.5. The Labute approximate surface area is 111 Å². The maximum atomic E-state index is 11.7. The van der Waals surface area contributed by atoms with Crippen molar-refractivity contribution in [3.8, 4) is 5.75 Å². The van der Waals surface area contributed by atoms with E-state index in [1.54, 1.807) is 32.0 Å². The van der Waals surface area contributed by atoms with Gasteiger partial charge >= 0.3 is 12.0 Å². The lowest BCUT2D eigenvalue weighted by Crippen LogP contribution is -2.48. The number of ether oxygens (including phenoxy) is 1. The lowest BCUT2D eigenvalue weighted by Gasteiger charge is -2.23. The number of rotatable bonds is 4. The normalized spacial score (nSPS) is 10.7. The number of aliphatic hydroxyl groups is 1. The van der Waals surface area contributed by atoms with Gasteiger partial charge in [0.05, 0.1) is 12.1 Å². The fourth-order valence-electron chi connectivity index (χ4n) is 1.31. The first-order valence-corrected chi connectivity index (χ1v) is 5.81. The predicted octanol–water partition coefficient (Wildman–Crippen LogP) is 1.50. The third-order valence-electron chi connectivity index (χ3n) is 2.20. The van der Waals surface area contributed by atoms with Crippen LogP contribution in [0.4, 0.5) is 10.5 Å². The van der Waals surface area contributed by atoms with Crippen LogP contribution in [0.1, 0.15) is 20.8 Å². The van der Waals surface area contributed by atoms with Crippen molar-refractivity contribution in [1.29, 1.82) is 0 Å². The highest BCUT2D eigenvalue weighted by molar-refractivity contribution is 5.90. The summed E-state index contributed by atoms with van der Waals surface area (Å²) >= 11 is 0. The first-order chi connectivity index (χ1) is 8.82. The van der Waals surface area contributed by atoms with E-state index < -0.39 is 17.5 Å². The number of esters is 1. The Hall–Kier alpha value is -2.08. The van der Waals surface area contributed by atoms with Crippen LogP contribution in [0.3, 0.4) is 0 Å². The summed E-state index contributed by atoms with van der Waals surface area (Å²) in [5.41, 5.74) is -0.220. The van der Waals surface area contributed by atoms with Crippen LogP contribution < -0.4 is 15.4 Å². The highest BCUT2D eigenvalue weighted by Gasteiger charge is 2.18. The summed E-state index contributed by atoms with van der Waals surface area (Å²) < 4.78 is 4.91. The van der Waals surface area contributed by atoms with Crippen LogP contribution in [-0.2, 0) is 4.79 Å². The van der Waals surface area contributed by atoms with E-state index >= 15 is 0 Å². The van der Waals surface area contributed by atoms with E-state index in [1.807, 2.05) is 0 Å². The predicted molar refractivity (Wildman–Crippen MR) is 71.1 cm³/mol. The maximum absolute atomic E-state index is 11.7. The van der Waals surface area contributed by atoms with Crippen LogP contribution in [0.2, 0.25) is 0 Å². The van der Waals surface area contributed by atoms with Crippen molar-refractivity contribution >= 4 is 17.7 Å². The molecule has 0 fully saturated rings. The fourth-order valence-corrected chi connectivity index (χ4v) is 1.31. The minimum Gasteiger partial charge on any atom is -0.427 e. The molecule has 1 rings (SSSR count). The van der Waals surface area contributed by atoms with Gasteiger partial charge in [-0.05, 0) is 26.0 Å². The van der Waals surface area contributed by atoms with Crippen molar-refractivity contribution < 1.29 is 19.4 Å². The second-order valence-electron chi connectivity index (χ2n) is 4.74. The zero-order chi connectivity index (χ0) is 14.5. The van der Waals surface area contributed by atoms with Gasteiger partial charge in [0.1, 0.15) is 5.75 Å². The number of benzene rings is 1. The molecule has 2 amide bonds. The molecule has 0 aliphatic rings. The zero-order valence-electron chi connectivity index (χ0n) is 11.2. The van der Waals surface area contributed by atoms with Crippen LogP contribution in [0.25, 0.3) is 0 Å². The molecular weight excluding hydrogens is 248 g/mol. The Bertz CT molecular complexity index is 471. The van der Waals surface area contributed by atoms with Crippen molar-refractivity contribution in [2.24, 2.45) is 0 Å². The van der Waals surface area contributed by atoms with Gasteiger partial charge in [-0.15, -0.1) is 0 Å². The van der Waals surface area contributed by atoms with Gasteiger partial charge in [0, 0.05) is 18.7 Å². The monoisotopic (exact) mass is 266 g/mol. The third kappa shape index (κ3) is 5.39. The van der Waals surface area contributed by atoms with E-state index in [9.17, 15) is 9.59 Å². The van der Waals surface area contributed by atoms with Crippen LogP contribution in [0.15, 0.2) is 24.3 Å². The summed E-state index contributed by atoms with van der Waals surface area (Å²) in [7, 11) is 0. The molecule has 104 valence electrons. The second kappa shape index (κ2) is 6.19. The van der Waals surface area contributed by atoms with Crippen molar-refractivity contribution in [1.82, 2.24) is 5.32 Å². The average Bonchev–Trinajstić information content (AvgIpc) is 2.27. The van der Waals surface area contributed by atoms with Crippen molar-refractivity contribution in [2.75, 3.05) is 11.9 Å². The van der Waals surface area contributed by atoms with Gasteiger partial charge in [-0.25, -0.2) is 4.79 Å². The molecule has 0 atom stereocenters.